The van der Waals surface area contributed by atoms with Crippen LogP contribution in [0.3, 0.4) is 0 Å². The molecule has 1 aromatic heterocycles. The van der Waals surface area contributed by atoms with Crippen LogP contribution in [0.2, 0.25) is 0 Å². The van der Waals surface area contributed by atoms with E-state index in [4.69, 9.17) is 5.73 Å². The van der Waals surface area contributed by atoms with Crippen molar-refractivity contribution in [2.45, 2.75) is 25.9 Å². The summed E-state index contributed by atoms with van der Waals surface area (Å²) in [5.74, 6) is 1.09. The number of fused-ring (bicyclic) bond motifs is 1. The number of nitrogens with two attached hydrogens (primary N) is 1. The summed E-state index contributed by atoms with van der Waals surface area (Å²) in [6.45, 7) is 5.02. The third-order valence-corrected chi connectivity index (χ3v) is 3.67. The van der Waals surface area contributed by atoms with Crippen molar-refractivity contribution in [3.8, 4) is 0 Å². The van der Waals surface area contributed by atoms with Gasteiger partial charge in [-0.05, 0) is 24.8 Å². The molecule has 0 atom stereocenters. The van der Waals surface area contributed by atoms with Crippen LogP contribution in [0.25, 0.3) is 0 Å². The molecular formula is C10H17N5. The van der Waals surface area contributed by atoms with Gasteiger partial charge >= 0.3 is 0 Å². The zero-order chi connectivity index (χ0) is 10.3. The van der Waals surface area contributed by atoms with Crippen molar-refractivity contribution < 1.29 is 0 Å². The first-order valence-electron chi connectivity index (χ1n) is 5.60. The molecule has 3 rings (SSSR count). The Labute approximate surface area is 89.3 Å². The highest BCUT2D eigenvalue weighted by molar-refractivity contribution is 4.98. The maximum Gasteiger partial charge on any atom is 0.147 e. The molecule has 82 valence electrons. The van der Waals surface area contributed by atoms with Gasteiger partial charge in [-0.15, -0.1) is 10.2 Å². The van der Waals surface area contributed by atoms with Crippen LogP contribution in [0.15, 0.2) is 6.33 Å². The van der Waals surface area contributed by atoms with E-state index in [1.165, 1.54) is 12.8 Å². The molecule has 15 heavy (non-hydrogen) atoms. The fraction of sp³-hybridized carbons (Fsp3) is 0.800. The summed E-state index contributed by atoms with van der Waals surface area (Å²) in [4.78, 5) is 2.46. The fourth-order valence-electron chi connectivity index (χ4n) is 2.33. The van der Waals surface area contributed by atoms with Crippen LogP contribution in [0.1, 0.15) is 18.7 Å². The molecule has 0 spiro atoms. The van der Waals surface area contributed by atoms with E-state index in [1.54, 1.807) is 0 Å². The monoisotopic (exact) mass is 207 g/mol. The van der Waals surface area contributed by atoms with Gasteiger partial charge in [-0.2, -0.15) is 0 Å². The molecule has 2 aliphatic rings. The van der Waals surface area contributed by atoms with Gasteiger partial charge in [0.05, 0.1) is 6.54 Å². The molecule has 2 heterocycles. The fourth-order valence-corrected chi connectivity index (χ4v) is 2.33. The number of rotatable bonds is 3. The Morgan fingerprint density at radius 3 is 3.00 bits per heavy atom. The second kappa shape index (κ2) is 3.28. The first kappa shape index (κ1) is 9.30. The molecule has 1 aliphatic carbocycles. The van der Waals surface area contributed by atoms with Crippen LogP contribution in [0, 0.1) is 5.41 Å². The SMILES string of the molecule is NCC1(CN2CCn3cnnc3C2)CC1. The van der Waals surface area contributed by atoms with Gasteiger partial charge < -0.3 is 10.3 Å². The molecule has 0 aromatic carbocycles. The molecule has 0 bridgehead atoms. The minimum absolute atomic E-state index is 0.433. The van der Waals surface area contributed by atoms with Crippen LogP contribution in [0.5, 0.6) is 0 Å². The first-order valence-corrected chi connectivity index (χ1v) is 5.60. The van der Waals surface area contributed by atoms with Gasteiger partial charge in [0.1, 0.15) is 12.2 Å². The summed E-state index contributed by atoms with van der Waals surface area (Å²) in [6.07, 6.45) is 4.42. The van der Waals surface area contributed by atoms with Gasteiger partial charge in [-0.3, -0.25) is 4.90 Å². The Hall–Kier alpha value is -0.940. The minimum atomic E-state index is 0.433. The molecule has 0 radical (unpaired) electrons. The summed E-state index contributed by atoms with van der Waals surface area (Å²) in [7, 11) is 0. The van der Waals surface area contributed by atoms with E-state index >= 15 is 0 Å². The van der Waals surface area contributed by atoms with Gasteiger partial charge in [0.2, 0.25) is 0 Å². The van der Waals surface area contributed by atoms with E-state index in [1.807, 2.05) is 6.33 Å². The predicted molar refractivity (Wildman–Crippen MR) is 56.0 cm³/mol. The van der Waals surface area contributed by atoms with Gasteiger partial charge in [0.25, 0.3) is 0 Å². The molecule has 0 unspecified atom stereocenters. The normalized spacial score (nSPS) is 23.8. The van der Waals surface area contributed by atoms with Crippen molar-refractivity contribution in [3.63, 3.8) is 0 Å². The Morgan fingerprint density at radius 1 is 1.40 bits per heavy atom. The zero-order valence-electron chi connectivity index (χ0n) is 8.89. The van der Waals surface area contributed by atoms with Crippen LogP contribution in [0.4, 0.5) is 0 Å². The topological polar surface area (TPSA) is 60.0 Å². The van der Waals surface area contributed by atoms with Crippen LogP contribution >= 0.6 is 0 Å². The average molecular weight is 207 g/mol. The van der Waals surface area contributed by atoms with Gasteiger partial charge in [0.15, 0.2) is 0 Å². The van der Waals surface area contributed by atoms with Crippen molar-refractivity contribution in [1.82, 2.24) is 19.7 Å². The first-order chi connectivity index (χ1) is 7.31. The lowest BCUT2D eigenvalue weighted by Gasteiger charge is -2.30. The minimum Gasteiger partial charge on any atom is -0.330 e. The molecule has 1 aliphatic heterocycles. The zero-order valence-corrected chi connectivity index (χ0v) is 8.89. The Bertz CT molecular complexity index is 354. The van der Waals surface area contributed by atoms with E-state index in [0.29, 0.717) is 5.41 Å². The molecule has 5 heteroatoms. The van der Waals surface area contributed by atoms with Crippen molar-refractivity contribution in [2.75, 3.05) is 19.6 Å². The summed E-state index contributed by atoms with van der Waals surface area (Å²) in [5.41, 5.74) is 6.23. The lowest BCUT2D eigenvalue weighted by Crippen LogP contribution is -2.39. The smallest absolute Gasteiger partial charge is 0.147 e. The van der Waals surface area contributed by atoms with Crippen LogP contribution in [-0.2, 0) is 13.1 Å². The van der Waals surface area contributed by atoms with Gasteiger partial charge in [0, 0.05) is 19.6 Å². The molecule has 5 nitrogen and oxygen atoms in total. The average Bonchev–Trinajstić information content (AvgIpc) is 2.88. The van der Waals surface area contributed by atoms with Gasteiger partial charge in [-0.25, -0.2) is 0 Å². The maximum atomic E-state index is 5.80. The molecule has 1 fully saturated rings. The van der Waals surface area contributed by atoms with Crippen molar-refractivity contribution >= 4 is 0 Å². The van der Waals surface area contributed by atoms with E-state index in [2.05, 4.69) is 19.7 Å². The molecule has 1 saturated carbocycles. The maximum absolute atomic E-state index is 5.80. The number of hydrogen-bond donors (Lipinski definition) is 1. The quantitative estimate of drug-likeness (QED) is 0.747. The number of aromatic nitrogens is 3. The summed E-state index contributed by atoms with van der Waals surface area (Å²) in [6, 6.07) is 0. The Kier molecular flexibility index (Phi) is 2.03. The lowest BCUT2D eigenvalue weighted by molar-refractivity contribution is 0.178. The molecule has 0 saturated heterocycles. The number of nitrogens with zero attached hydrogens (tertiary/aromatic N) is 4. The standard InChI is InChI=1S/C10H17N5/c11-6-10(1-2-10)7-14-3-4-15-8-12-13-9(15)5-14/h8H,1-7,11H2. The van der Waals surface area contributed by atoms with Crippen LogP contribution < -0.4 is 5.73 Å². The molecule has 2 N–H and O–H groups in total. The van der Waals surface area contributed by atoms with Gasteiger partial charge in [-0.1, -0.05) is 0 Å². The van der Waals surface area contributed by atoms with Crippen molar-refractivity contribution in [3.05, 3.63) is 12.2 Å². The van der Waals surface area contributed by atoms with Crippen LogP contribution in [-0.4, -0.2) is 39.3 Å². The summed E-state index contributed by atoms with van der Waals surface area (Å²) >= 11 is 0. The second-order valence-corrected chi connectivity index (χ2v) is 4.86. The van der Waals surface area contributed by atoms with Crippen molar-refractivity contribution in [2.24, 2.45) is 11.1 Å². The van der Waals surface area contributed by atoms with E-state index < -0.39 is 0 Å². The Morgan fingerprint density at radius 2 is 2.27 bits per heavy atom. The highest BCUT2D eigenvalue weighted by atomic mass is 15.3. The highest BCUT2D eigenvalue weighted by Crippen LogP contribution is 2.45. The van der Waals surface area contributed by atoms with Crippen molar-refractivity contribution in [1.29, 1.82) is 0 Å². The predicted octanol–water partition coefficient (Wildman–Crippen LogP) is -0.167. The summed E-state index contributed by atoms with van der Waals surface area (Å²) < 4.78 is 2.14. The third kappa shape index (κ3) is 1.66. The Balaban J connectivity index is 1.66. The molecule has 1 aromatic rings. The highest BCUT2D eigenvalue weighted by Gasteiger charge is 2.42. The van der Waals surface area contributed by atoms with E-state index in [-0.39, 0.29) is 0 Å². The summed E-state index contributed by atoms with van der Waals surface area (Å²) in [5, 5.41) is 8.06. The van der Waals surface area contributed by atoms with E-state index in [0.717, 1.165) is 38.5 Å². The van der Waals surface area contributed by atoms with E-state index in [9.17, 15) is 0 Å². The lowest BCUT2D eigenvalue weighted by atomic mass is 10.1. The number of hydrogen-bond acceptors (Lipinski definition) is 4. The molecule has 0 amide bonds. The third-order valence-electron chi connectivity index (χ3n) is 3.67. The second-order valence-electron chi connectivity index (χ2n) is 4.86. The molecular weight excluding hydrogens is 190 g/mol. The largest absolute Gasteiger partial charge is 0.330 e.